The van der Waals surface area contributed by atoms with Crippen LogP contribution in [0.1, 0.15) is 31.4 Å². The Bertz CT molecular complexity index is 993. The number of piperidine rings is 1. The Kier molecular flexibility index (Phi) is 8.00. The number of ether oxygens (including phenoxy) is 1. The molecule has 0 aromatic carbocycles. The number of pyridine rings is 1. The van der Waals surface area contributed by atoms with Gasteiger partial charge in [0.05, 0.1) is 23.1 Å². The second-order valence-electron chi connectivity index (χ2n) is 8.80. The molecule has 2 N–H and O–H groups in total. The zero-order valence-electron chi connectivity index (χ0n) is 18.6. The molecule has 2 atom stereocenters. The molecule has 2 aromatic rings. The number of carbonyl (C=O) groups is 1. The van der Waals surface area contributed by atoms with Crippen LogP contribution in [0.5, 0.6) is 0 Å². The standard InChI is InChI=1S/C23H27ClF3N5O2/c24-18-11-29-16(8-20(33)15-1-2-21(30-10-15)23(25,26)27)7-17(18)19-12-28-13-22(32-19)31-9-14-3-5-34-6-4-14/h7,11-15,21,30H,1-6,8-10H2,(H,31,32)/t15-,21+/m1/s1. The number of hydrogen-bond donors (Lipinski definition) is 2. The van der Waals surface area contributed by atoms with E-state index in [4.69, 9.17) is 16.3 Å². The summed E-state index contributed by atoms with van der Waals surface area (Å²) in [6.07, 6.45) is 2.51. The number of ketones is 1. The molecular formula is C23H27ClF3N5O2. The zero-order chi connectivity index (χ0) is 24.1. The second kappa shape index (κ2) is 11.0. The zero-order valence-corrected chi connectivity index (χ0v) is 19.3. The number of rotatable bonds is 7. The van der Waals surface area contributed by atoms with Crippen LogP contribution in [0.2, 0.25) is 5.02 Å². The van der Waals surface area contributed by atoms with Crippen molar-refractivity contribution in [2.75, 3.05) is 31.6 Å². The predicted molar refractivity (Wildman–Crippen MR) is 122 cm³/mol. The highest BCUT2D eigenvalue weighted by atomic mass is 35.5. The van der Waals surface area contributed by atoms with E-state index in [1.165, 1.54) is 6.20 Å². The lowest BCUT2D eigenvalue weighted by molar-refractivity contribution is -0.163. The summed E-state index contributed by atoms with van der Waals surface area (Å²) in [6, 6.07) is 0.143. The van der Waals surface area contributed by atoms with Gasteiger partial charge in [0.25, 0.3) is 0 Å². The quantitative estimate of drug-likeness (QED) is 0.596. The third-order valence-corrected chi connectivity index (χ3v) is 6.66. The number of nitrogens with one attached hydrogen (secondary N) is 2. The SMILES string of the molecule is O=C(Cc1cc(-c2cncc(NCC3CCOCC3)n2)c(Cl)cn1)[C@@H]1CC[C@@H](C(F)(F)F)NC1. The molecule has 0 bridgehead atoms. The maximum atomic E-state index is 12.8. The minimum absolute atomic E-state index is 0.00969. The first-order chi connectivity index (χ1) is 16.3. The molecule has 2 saturated heterocycles. The fourth-order valence-electron chi connectivity index (χ4n) is 4.29. The first-order valence-corrected chi connectivity index (χ1v) is 11.8. The van der Waals surface area contributed by atoms with Gasteiger partial charge >= 0.3 is 6.18 Å². The smallest absolute Gasteiger partial charge is 0.381 e. The first-order valence-electron chi connectivity index (χ1n) is 11.4. The van der Waals surface area contributed by atoms with E-state index in [0.717, 1.165) is 32.6 Å². The molecule has 0 amide bonds. The van der Waals surface area contributed by atoms with E-state index in [-0.39, 0.29) is 31.6 Å². The minimum atomic E-state index is -4.30. The summed E-state index contributed by atoms with van der Waals surface area (Å²) in [6.45, 7) is 2.32. The van der Waals surface area contributed by atoms with E-state index in [9.17, 15) is 18.0 Å². The van der Waals surface area contributed by atoms with Crippen LogP contribution in [0.15, 0.2) is 24.7 Å². The fourth-order valence-corrected chi connectivity index (χ4v) is 4.49. The van der Waals surface area contributed by atoms with Crippen molar-refractivity contribution in [3.63, 3.8) is 0 Å². The maximum absolute atomic E-state index is 12.8. The lowest BCUT2D eigenvalue weighted by Gasteiger charge is -2.30. The number of nitrogens with zero attached hydrogens (tertiary/aromatic N) is 3. The summed E-state index contributed by atoms with van der Waals surface area (Å²) >= 11 is 6.36. The Morgan fingerprint density at radius 2 is 1.97 bits per heavy atom. The van der Waals surface area contributed by atoms with Gasteiger partial charge in [0, 0.05) is 56.1 Å². The van der Waals surface area contributed by atoms with Gasteiger partial charge in [0.2, 0.25) is 0 Å². The molecular weight excluding hydrogens is 471 g/mol. The summed E-state index contributed by atoms with van der Waals surface area (Å²) in [5, 5.41) is 6.14. The van der Waals surface area contributed by atoms with Gasteiger partial charge in [-0.15, -0.1) is 0 Å². The van der Waals surface area contributed by atoms with Crippen LogP contribution < -0.4 is 10.6 Å². The van der Waals surface area contributed by atoms with E-state index in [1.54, 1.807) is 18.5 Å². The molecule has 11 heteroatoms. The summed E-state index contributed by atoms with van der Waals surface area (Å²) in [4.78, 5) is 25.8. The monoisotopic (exact) mass is 497 g/mol. The summed E-state index contributed by atoms with van der Waals surface area (Å²) in [5.41, 5.74) is 1.63. The van der Waals surface area contributed by atoms with Gasteiger partial charge < -0.3 is 15.4 Å². The van der Waals surface area contributed by atoms with Crippen molar-refractivity contribution in [3.8, 4) is 11.3 Å². The van der Waals surface area contributed by atoms with E-state index in [0.29, 0.717) is 33.7 Å². The van der Waals surface area contributed by atoms with E-state index in [2.05, 4.69) is 25.6 Å². The molecule has 0 unspecified atom stereocenters. The second-order valence-corrected chi connectivity index (χ2v) is 9.21. The van der Waals surface area contributed by atoms with E-state index in [1.807, 2.05) is 0 Å². The number of aromatic nitrogens is 3. The molecule has 184 valence electrons. The number of carbonyl (C=O) groups excluding carboxylic acids is 1. The minimum Gasteiger partial charge on any atom is -0.381 e. The van der Waals surface area contributed by atoms with Gasteiger partial charge in [-0.25, -0.2) is 4.98 Å². The molecule has 2 aliphatic heterocycles. The summed E-state index contributed by atoms with van der Waals surface area (Å²) < 4.78 is 43.9. The van der Waals surface area contributed by atoms with Crippen LogP contribution in [0.4, 0.5) is 19.0 Å². The van der Waals surface area contributed by atoms with Crippen molar-refractivity contribution in [1.82, 2.24) is 20.3 Å². The highest BCUT2D eigenvalue weighted by Crippen LogP contribution is 2.30. The van der Waals surface area contributed by atoms with Crippen LogP contribution in [0, 0.1) is 11.8 Å². The van der Waals surface area contributed by atoms with Crippen molar-refractivity contribution < 1.29 is 22.7 Å². The number of halogens is 4. The van der Waals surface area contributed by atoms with Crippen LogP contribution in [-0.2, 0) is 16.0 Å². The Balaban J connectivity index is 1.39. The average molecular weight is 498 g/mol. The van der Waals surface area contributed by atoms with Crippen LogP contribution >= 0.6 is 11.6 Å². The largest absolute Gasteiger partial charge is 0.403 e. The van der Waals surface area contributed by atoms with Crippen LogP contribution in [0.3, 0.4) is 0 Å². The molecule has 0 saturated carbocycles. The van der Waals surface area contributed by atoms with Gasteiger partial charge in [-0.3, -0.25) is 14.8 Å². The number of hydrogen-bond acceptors (Lipinski definition) is 7. The lowest BCUT2D eigenvalue weighted by Crippen LogP contribution is -2.49. The molecule has 0 aliphatic carbocycles. The normalized spacial score (nSPS) is 21.9. The maximum Gasteiger partial charge on any atom is 0.403 e. The highest BCUT2D eigenvalue weighted by molar-refractivity contribution is 6.33. The number of Topliss-reactive ketones (excluding diaryl/α,β-unsaturated/α-hetero) is 1. The van der Waals surface area contributed by atoms with Crippen molar-refractivity contribution in [1.29, 1.82) is 0 Å². The van der Waals surface area contributed by atoms with Crippen molar-refractivity contribution in [3.05, 3.63) is 35.4 Å². The van der Waals surface area contributed by atoms with Gasteiger partial charge in [-0.1, -0.05) is 11.6 Å². The average Bonchev–Trinajstić information content (AvgIpc) is 2.84. The number of anilines is 1. The highest BCUT2D eigenvalue weighted by Gasteiger charge is 2.42. The Morgan fingerprint density at radius 3 is 2.68 bits per heavy atom. The van der Waals surface area contributed by atoms with Gasteiger partial charge in [0.15, 0.2) is 0 Å². The van der Waals surface area contributed by atoms with Crippen LogP contribution in [-0.4, -0.2) is 59.3 Å². The molecule has 4 rings (SSSR count). The predicted octanol–water partition coefficient (Wildman–Crippen LogP) is 4.07. The van der Waals surface area contributed by atoms with Gasteiger partial charge in [0.1, 0.15) is 17.6 Å². The fraction of sp³-hybridized carbons (Fsp3) is 0.565. The van der Waals surface area contributed by atoms with E-state index >= 15 is 0 Å². The lowest BCUT2D eigenvalue weighted by atomic mass is 9.89. The molecule has 0 spiro atoms. The third-order valence-electron chi connectivity index (χ3n) is 6.36. The van der Waals surface area contributed by atoms with Crippen molar-refractivity contribution >= 4 is 23.2 Å². The van der Waals surface area contributed by atoms with Gasteiger partial charge in [-0.2, -0.15) is 13.2 Å². The van der Waals surface area contributed by atoms with E-state index < -0.39 is 18.1 Å². The topological polar surface area (TPSA) is 89.0 Å². The Labute approximate surface area is 200 Å². The first kappa shape index (κ1) is 24.8. The van der Waals surface area contributed by atoms with Crippen molar-refractivity contribution in [2.24, 2.45) is 11.8 Å². The molecule has 0 radical (unpaired) electrons. The number of alkyl halides is 3. The molecule has 2 fully saturated rings. The molecule has 7 nitrogen and oxygen atoms in total. The third kappa shape index (κ3) is 6.43. The molecule has 2 aromatic heterocycles. The Hall–Kier alpha value is -2.30. The van der Waals surface area contributed by atoms with Gasteiger partial charge in [-0.05, 0) is 37.7 Å². The van der Waals surface area contributed by atoms with Crippen LogP contribution in [0.25, 0.3) is 11.3 Å². The molecule has 2 aliphatic rings. The summed E-state index contributed by atoms with van der Waals surface area (Å²) in [7, 11) is 0. The Morgan fingerprint density at radius 1 is 1.18 bits per heavy atom. The van der Waals surface area contributed by atoms with Crippen molar-refractivity contribution in [2.45, 2.75) is 44.3 Å². The molecule has 34 heavy (non-hydrogen) atoms. The summed E-state index contributed by atoms with van der Waals surface area (Å²) in [5.74, 6) is 0.521. The molecule has 4 heterocycles.